The molecular formula is C28H33N3O6. The molecule has 2 aromatic rings. The first-order valence-corrected chi connectivity index (χ1v) is 12.8. The number of benzene rings is 2. The number of methoxy groups -OCH3 is 1. The fourth-order valence-electron chi connectivity index (χ4n) is 4.93. The van der Waals surface area contributed by atoms with Crippen molar-refractivity contribution < 1.29 is 28.6 Å². The van der Waals surface area contributed by atoms with Crippen molar-refractivity contribution in [3.8, 4) is 11.5 Å². The first-order valence-electron chi connectivity index (χ1n) is 12.8. The zero-order chi connectivity index (χ0) is 25.9. The maximum absolute atomic E-state index is 13.4. The van der Waals surface area contributed by atoms with E-state index in [1.54, 1.807) is 61.5 Å². The topological polar surface area (TPSA) is 106 Å². The van der Waals surface area contributed by atoms with Gasteiger partial charge in [0.05, 0.1) is 31.2 Å². The molecule has 9 nitrogen and oxygen atoms in total. The Morgan fingerprint density at radius 3 is 2.73 bits per heavy atom. The van der Waals surface area contributed by atoms with Crippen LogP contribution in [0, 0.1) is 5.92 Å². The first kappa shape index (κ1) is 25.1. The van der Waals surface area contributed by atoms with Gasteiger partial charge in [-0.25, -0.2) is 0 Å². The second-order valence-corrected chi connectivity index (χ2v) is 10.0. The van der Waals surface area contributed by atoms with Crippen LogP contribution in [0.3, 0.4) is 0 Å². The van der Waals surface area contributed by atoms with Gasteiger partial charge in [0.15, 0.2) is 0 Å². The summed E-state index contributed by atoms with van der Waals surface area (Å²) in [6.45, 7) is 1.02. The van der Waals surface area contributed by atoms with Gasteiger partial charge in [-0.05, 0) is 68.0 Å². The van der Waals surface area contributed by atoms with Crippen LogP contribution >= 0.6 is 0 Å². The van der Waals surface area contributed by atoms with Crippen molar-refractivity contribution in [2.75, 3.05) is 32.6 Å². The van der Waals surface area contributed by atoms with Gasteiger partial charge >= 0.3 is 0 Å². The molecule has 2 aromatic carbocycles. The smallest absolute Gasteiger partial charge is 0.257 e. The maximum Gasteiger partial charge on any atom is 0.257 e. The molecule has 1 aliphatic carbocycles. The highest BCUT2D eigenvalue weighted by Crippen LogP contribution is 2.33. The summed E-state index contributed by atoms with van der Waals surface area (Å²) in [5.41, 5.74) is 1.32. The lowest BCUT2D eigenvalue weighted by molar-refractivity contribution is -0.134. The van der Waals surface area contributed by atoms with E-state index in [-0.39, 0.29) is 42.6 Å². The van der Waals surface area contributed by atoms with Gasteiger partial charge < -0.3 is 29.7 Å². The van der Waals surface area contributed by atoms with E-state index in [1.165, 1.54) is 12.8 Å². The molecule has 9 heteroatoms. The molecule has 3 atom stereocenters. The Balaban J connectivity index is 1.25. The van der Waals surface area contributed by atoms with Gasteiger partial charge in [0.2, 0.25) is 5.91 Å². The Bertz CT molecular complexity index is 1180. The summed E-state index contributed by atoms with van der Waals surface area (Å²) < 4.78 is 17.5. The molecule has 1 saturated heterocycles. The third kappa shape index (κ3) is 5.88. The molecule has 0 bridgehead atoms. The van der Waals surface area contributed by atoms with Crippen LogP contribution in [0.15, 0.2) is 42.5 Å². The third-order valence-corrected chi connectivity index (χ3v) is 7.30. The fourth-order valence-corrected chi connectivity index (χ4v) is 4.93. The van der Waals surface area contributed by atoms with Crippen molar-refractivity contribution >= 4 is 23.4 Å². The summed E-state index contributed by atoms with van der Waals surface area (Å²) in [6.07, 6.45) is 3.60. The molecule has 1 saturated carbocycles. The number of carbonyl (C=O) groups excluding carboxylic acids is 3. The highest BCUT2D eigenvalue weighted by atomic mass is 16.5. The predicted molar refractivity (Wildman–Crippen MR) is 137 cm³/mol. The van der Waals surface area contributed by atoms with Crippen molar-refractivity contribution in [3.63, 3.8) is 0 Å². The third-order valence-electron chi connectivity index (χ3n) is 7.30. The Kier molecular flexibility index (Phi) is 7.32. The highest BCUT2D eigenvalue weighted by Gasteiger charge is 2.39. The maximum atomic E-state index is 13.4. The van der Waals surface area contributed by atoms with Crippen molar-refractivity contribution in [2.24, 2.45) is 5.92 Å². The summed E-state index contributed by atoms with van der Waals surface area (Å²) in [6, 6.07) is 11.7. The molecule has 3 aliphatic rings. The minimum absolute atomic E-state index is 0.0143. The van der Waals surface area contributed by atoms with Crippen LogP contribution in [0.2, 0.25) is 0 Å². The summed E-state index contributed by atoms with van der Waals surface area (Å²) >= 11 is 0. The zero-order valence-electron chi connectivity index (χ0n) is 21.2. The summed E-state index contributed by atoms with van der Waals surface area (Å²) in [5, 5.41) is 5.85. The molecule has 0 unspecified atom stereocenters. The van der Waals surface area contributed by atoms with Crippen molar-refractivity contribution in [1.82, 2.24) is 10.2 Å². The van der Waals surface area contributed by atoms with Crippen LogP contribution < -0.4 is 20.1 Å². The molecule has 2 heterocycles. The number of amides is 3. The average Bonchev–Trinajstić information content (AvgIpc) is 3.74. The quantitative estimate of drug-likeness (QED) is 0.596. The molecule has 5 rings (SSSR count). The van der Waals surface area contributed by atoms with Crippen LogP contribution in [0.5, 0.6) is 11.5 Å². The number of hydrogen-bond acceptors (Lipinski definition) is 6. The van der Waals surface area contributed by atoms with E-state index in [0.717, 1.165) is 13.0 Å². The number of ether oxygens (including phenoxy) is 3. The lowest BCUT2D eigenvalue weighted by Gasteiger charge is -2.42. The zero-order valence-corrected chi connectivity index (χ0v) is 21.2. The van der Waals surface area contributed by atoms with E-state index in [0.29, 0.717) is 47.1 Å². The van der Waals surface area contributed by atoms with E-state index in [1.807, 2.05) is 0 Å². The molecule has 3 amide bonds. The van der Waals surface area contributed by atoms with Gasteiger partial charge in [0.25, 0.3) is 11.8 Å². The second kappa shape index (κ2) is 10.8. The summed E-state index contributed by atoms with van der Waals surface area (Å²) in [7, 11) is 3.31. The number of rotatable bonds is 7. The molecule has 37 heavy (non-hydrogen) atoms. The van der Waals surface area contributed by atoms with Crippen molar-refractivity contribution in [1.29, 1.82) is 0 Å². The van der Waals surface area contributed by atoms with Crippen LogP contribution in [0.25, 0.3) is 0 Å². The van der Waals surface area contributed by atoms with E-state index >= 15 is 0 Å². The molecule has 2 fully saturated rings. The monoisotopic (exact) mass is 507 g/mol. The number of fused-ring (bicyclic) bond motifs is 2. The van der Waals surface area contributed by atoms with Crippen molar-refractivity contribution in [3.05, 3.63) is 53.6 Å². The molecule has 0 aromatic heterocycles. The minimum atomic E-state index is -0.329. The van der Waals surface area contributed by atoms with Gasteiger partial charge in [-0.3, -0.25) is 14.4 Å². The van der Waals surface area contributed by atoms with E-state index in [2.05, 4.69) is 10.6 Å². The second-order valence-electron chi connectivity index (χ2n) is 10.0. The van der Waals surface area contributed by atoms with Gasteiger partial charge in [-0.2, -0.15) is 0 Å². The van der Waals surface area contributed by atoms with Crippen LogP contribution in [-0.2, 0) is 9.53 Å². The van der Waals surface area contributed by atoms with Crippen LogP contribution in [-0.4, -0.2) is 68.2 Å². The summed E-state index contributed by atoms with van der Waals surface area (Å²) in [4.78, 5) is 40.2. The number of likely N-dealkylation sites (N-methyl/N-ethyl adjacent to an activating group) is 1. The Labute approximate surface area is 216 Å². The Morgan fingerprint density at radius 2 is 1.95 bits per heavy atom. The lowest BCUT2D eigenvalue weighted by Crippen LogP contribution is -2.54. The number of anilines is 1. The average molecular weight is 508 g/mol. The SMILES string of the molecule is COc1cccc(C(=O)Nc2ccc3c(c2)C(=O)N(C)[C@H]2CC[C@H](CC(=O)NCC4CC4)O[C@@H]2CO3)c1. The van der Waals surface area contributed by atoms with E-state index in [9.17, 15) is 14.4 Å². The standard InChI is InChI=1S/C28H33N3O6/c1-31-23-10-9-21(14-26(32)29-15-17-6-7-17)37-25(23)16-36-24-11-8-19(13-22(24)28(31)34)30-27(33)18-4-3-5-20(12-18)35-2/h3-5,8,11-13,17,21,23,25H,6-7,9-10,14-16H2,1-2H3,(H,29,32)(H,30,33)/t21-,23+,25-/m1/s1. The molecule has 2 aliphatic heterocycles. The molecule has 0 spiro atoms. The normalized spacial score (nSPS) is 23.0. The van der Waals surface area contributed by atoms with Gasteiger partial charge in [0.1, 0.15) is 24.2 Å². The van der Waals surface area contributed by atoms with Crippen LogP contribution in [0.4, 0.5) is 5.69 Å². The largest absolute Gasteiger partial charge is 0.497 e. The first-order chi connectivity index (χ1) is 17.9. The van der Waals surface area contributed by atoms with Gasteiger partial charge in [0, 0.05) is 24.8 Å². The molecular weight excluding hydrogens is 474 g/mol. The van der Waals surface area contributed by atoms with Gasteiger partial charge in [-0.15, -0.1) is 0 Å². The van der Waals surface area contributed by atoms with E-state index in [4.69, 9.17) is 14.2 Å². The Hall–Kier alpha value is -3.59. The molecule has 2 N–H and O–H groups in total. The number of carbonyl (C=O) groups is 3. The lowest BCUT2D eigenvalue weighted by atomic mass is 9.94. The number of nitrogens with one attached hydrogen (secondary N) is 2. The van der Waals surface area contributed by atoms with Crippen LogP contribution in [0.1, 0.15) is 52.8 Å². The molecule has 196 valence electrons. The number of hydrogen-bond donors (Lipinski definition) is 2. The van der Waals surface area contributed by atoms with Crippen molar-refractivity contribution in [2.45, 2.75) is 50.4 Å². The highest BCUT2D eigenvalue weighted by molar-refractivity contribution is 6.05. The van der Waals surface area contributed by atoms with E-state index < -0.39 is 0 Å². The fraction of sp³-hybridized carbons (Fsp3) is 0.464. The Morgan fingerprint density at radius 1 is 1.11 bits per heavy atom. The number of nitrogens with zero attached hydrogens (tertiary/aromatic N) is 1. The predicted octanol–water partition coefficient (Wildman–Crippen LogP) is 3.24. The summed E-state index contributed by atoms with van der Waals surface area (Å²) in [5.74, 6) is 1.16. The molecule has 0 radical (unpaired) electrons. The minimum Gasteiger partial charge on any atom is -0.497 e. The van der Waals surface area contributed by atoms with Gasteiger partial charge in [-0.1, -0.05) is 6.07 Å².